The van der Waals surface area contributed by atoms with Crippen LogP contribution in [0.2, 0.25) is 10.0 Å². The zero-order valence-corrected chi connectivity index (χ0v) is 19.6. The molecule has 1 heterocycles. The number of carbonyl (C=O) groups is 1. The number of amides is 1. The van der Waals surface area contributed by atoms with Crippen molar-refractivity contribution < 1.29 is 13.8 Å². The highest BCUT2D eigenvalue weighted by Gasteiger charge is 2.43. The first kappa shape index (κ1) is 22.4. The fourth-order valence-electron chi connectivity index (χ4n) is 3.73. The van der Waals surface area contributed by atoms with E-state index in [2.05, 4.69) is 0 Å². The molecule has 0 fully saturated rings. The van der Waals surface area contributed by atoms with Gasteiger partial charge in [0.25, 0.3) is 5.91 Å². The first-order chi connectivity index (χ1) is 15.4. The fraction of sp³-hybridized carbons (Fsp3) is 0.0800. The number of nitrogens with zero attached hydrogens (tertiary/aromatic N) is 1. The summed E-state index contributed by atoms with van der Waals surface area (Å²) >= 11 is 12.2. The van der Waals surface area contributed by atoms with Crippen LogP contribution in [0.4, 0.5) is 0 Å². The number of hydrogen-bond donors (Lipinski definition) is 0. The molecule has 3 aromatic carbocycles. The Hall–Kier alpha value is -2.78. The van der Waals surface area contributed by atoms with E-state index in [0.29, 0.717) is 27.0 Å². The number of carbonyl (C=O) groups excluding carboxylic acids is 1. The average Bonchev–Trinajstić information content (AvgIpc) is 3.35. The molecule has 4 nitrogen and oxygen atoms in total. The number of furan rings is 1. The van der Waals surface area contributed by atoms with Gasteiger partial charge in [-0.2, -0.15) is 0 Å². The highest BCUT2D eigenvalue weighted by molar-refractivity contribution is 7.79. The standard InChI is InChI=1S/C25H20Cl2NO3P/c1-28(24(29)18-14-15-21(26)22(27)17-18)25(23-13-8-16-31-23)32(30,19-9-4-2-5-10-19)20-11-6-3-7-12-20/h2-17,25H,1H3/t25-/m1/s1. The molecular formula is C25H20Cl2NO3P. The van der Waals surface area contributed by atoms with Crippen LogP contribution in [0.25, 0.3) is 0 Å². The SMILES string of the molecule is CN(C(=O)c1ccc(Cl)c(Cl)c1)[C@@H](c1ccco1)P(=O)(c1ccccc1)c1ccccc1. The number of hydrogen-bond acceptors (Lipinski definition) is 3. The molecule has 162 valence electrons. The smallest absolute Gasteiger partial charge is 0.254 e. The first-order valence-corrected chi connectivity index (χ1v) is 12.4. The van der Waals surface area contributed by atoms with E-state index in [-0.39, 0.29) is 10.9 Å². The molecule has 0 radical (unpaired) electrons. The summed E-state index contributed by atoms with van der Waals surface area (Å²) in [5, 5.41) is 1.88. The Morgan fingerprint density at radius 1 is 0.844 bits per heavy atom. The van der Waals surface area contributed by atoms with Gasteiger partial charge >= 0.3 is 0 Å². The Morgan fingerprint density at radius 2 is 1.44 bits per heavy atom. The van der Waals surface area contributed by atoms with E-state index in [0.717, 1.165) is 0 Å². The van der Waals surface area contributed by atoms with Gasteiger partial charge in [0.1, 0.15) is 5.76 Å². The lowest BCUT2D eigenvalue weighted by Crippen LogP contribution is -2.36. The Balaban J connectivity index is 1.90. The second-order valence-corrected chi connectivity index (χ2v) is 10.9. The number of rotatable bonds is 6. The van der Waals surface area contributed by atoms with Crippen LogP contribution >= 0.6 is 30.3 Å². The Bertz CT molecular complexity index is 1220. The Kier molecular flexibility index (Phi) is 6.57. The number of halogens is 2. The van der Waals surface area contributed by atoms with Crippen LogP contribution in [0.15, 0.2) is 102 Å². The molecular weight excluding hydrogens is 464 g/mol. The highest BCUT2D eigenvalue weighted by atomic mass is 35.5. The van der Waals surface area contributed by atoms with Crippen LogP contribution in [0.1, 0.15) is 21.9 Å². The monoisotopic (exact) mass is 483 g/mol. The van der Waals surface area contributed by atoms with Gasteiger partial charge in [0.05, 0.1) is 16.3 Å². The van der Waals surface area contributed by atoms with Crippen LogP contribution in [-0.4, -0.2) is 17.9 Å². The Labute approximate surface area is 196 Å². The van der Waals surface area contributed by atoms with Crippen molar-refractivity contribution in [3.63, 3.8) is 0 Å². The quantitative estimate of drug-likeness (QED) is 0.299. The molecule has 7 heteroatoms. The number of benzene rings is 3. The van der Waals surface area contributed by atoms with E-state index in [1.807, 2.05) is 60.7 Å². The van der Waals surface area contributed by atoms with Crippen molar-refractivity contribution in [1.82, 2.24) is 4.90 Å². The van der Waals surface area contributed by atoms with E-state index in [9.17, 15) is 4.79 Å². The minimum absolute atomic E-state index is 0.273. The minimum Gasteiger partial charge on any atom is -0.467 e. The normalized spacial score (nSPS) is 12.3. The third-order valence-electron chi connectivity index (χ3n) is 5.28. The zero-order chi connectivity index (χ0) is 22.7. The zero-order valence-electron chi connectivity index (χ0n) is 17.2. The second-order valence-electron chi connectivity index (χ2n) is 7.26. The molecule has 0 aliphatic carbocycles. The summed E-state index contributed by atoms with van der Waals surface area (Å²) in [5.41, 5.74) is 0.339. The molecule has 1 atom stereocenters. The van der Waals surface area contributed by atoms with Crippen LogP contribution in [0.5, 0.6) is 0 Å². The maximum atomic E-state index is 15.0. The summed E-state index contributed by atoms with van der Waals surface area (Å²) < 4.78 is 20.7. The summed E-state index contributed by atoms with van der Waals surface area (Å²) in [5.74, 6) is -0.793. The summed E-state index contributed by atoms with van der Waals surface area (Å²) in [7, 11) is -1.80. The van der Waals surface area contributed by atoms with Gasteiger partial charge in [-0.05, 0) is 30.3 Å². The van der Waals surface area contributed by atoms with Crippen molar-refractivity contribution in [2.75, 3.05) is 7.05 Å². The lowest BCUT2D eigenvalue weighted by molar-refractivity contribution is 0.0764. The molecule has 0 saturated heterocycles. The molecule has 0 bridgehead atoms. The van der Waals surface area contributed by atoms with E-state index >= 15 is 4.57 Å². The molecule has 32 heavy (non-hydrogen) atoms. The third-order valence-corrected chi connectivity index (χ3v) is 9.43. The van der Waals surface area contributed by atoms with Gasteiger partial charge in [0.15, 0.2) is 12.9 Å². The molecule has 0 spiro atoms. The summed E-state index contributed by atoms with van der Waals surface area (Å²) in [6.07, 6.45) is 1.51. The fourth-order valence-corrected chi connectivity index (χ4v) is 7.22. The molecule has 0 saturated carbocycles. The predicted octanol–water partition coefficient (Wildman–Crippen LogP) is 6.37. The molecule has 1 amide bonds. The lowest BCUT2D eigenvalue weighted by atomic mass is 10.2. The first-order valence-electron chi connectivity index (χ1n) is 9.89. The largest absolute Gasteiger partial charge is 0.467 e. The van der Waals surface area contributed by atoms with Crippen LogP contribution in [0.3, 0.4) is 0 Å². The van der Waals surface area contributed by atoms with Crippen molar-refractivity contribution in [2.45, 2.75) is 5.78 Å². The van der Waals surface area contributed by atoms with E-state index in [4.69, 9.17) is 27.6 Å². The molecule has 0 aliphatic rings. The van der Waals surface area contributed by atoms with Crippen LogP contribution in [-0.2, 0) is 4.57 Å². The van der Waals surface area contributed by atoms with Crippen molar-refractivity contribution in [2.24, 2.45) is 0 Å². The molecule has 4 aromatic rings. The van der Waals surface area contributed by atoms with Gasteiger partial charge in [-0.1, -0.05) is 83.9 Å². The highest BCUT2D eigenvalue weighted by Crippen LogP contribution is 2.58. The third kappa shape index (κ3) is 4.14. The molecule has 0 aliphatic heterocycles. The molecule has 1 aromatic heterocycles. The van der Waals surface area contributed by atoms with Crippen molar-refractivity contribution >= 4 is 46.9 Å². The predicted molar refractivity (Wildman–Crippen MR) is 130 cm³/mol. The molecule has 0 N–H and O–H groups in total. The van der Waals surface area contributed by atoms with E-state index in [1.165, 1.54) is 17.2 Å². The molecule has 4 rings (SSSR count). The van der Waals surface area contributed by atoms with E-state index in [1.54, 1.807) is 31.3 Å². The van der Waals surface area contributed by atoms with Crippen LogP contribution in [0, 0.1) is 0 Å². The topological polar surface area (TPSA) is 50.5 Å². The maximum absolute atomic E-state index is 15.0. The van der Waals surface area contributed by atoms with Gasteiger partial charge < -0.3 is 13.9 Å². The summed E-state index contributed by atoms with van der Waals surface area (Å²) in [6, 6.07) is 26.5. The van der Waals surface area contributed by atoms with Crippen molar-refractivity contribution in [3.8, 4) is 0 Å². The van der Waals surface area contributed by atoms with Gasteiger partial charge in [-0.3, -0.25) is 4.79 Å². The van der Waals surface area contributed by atoms with Crippen molar-refractivity contribution in [3.05, 3.63) is 119 Å². The van der Waals surface area contributed by atoms with Crippen molar-refractivity contribution in [1.29, 1.82) is 0 Å². The summed E-state index contributed by atoms with van der Waals surface area (Å²) in [6.45, 7) is 0. The maximum Gasteiger partial charge on any atom is 0.254 e. The lowest BCUT2D eigenvalue weighted by Gasteiger charge is -2.34. The van der Waals surface area contributed by atoms with Gasteiger partial charge in [-0.15, -0.1) is 0 Å². The van der Waals surface area contributed by atoms with E-state index < -0.39 is 12.9 Å². The van der Waals surface area contributed by atoms with Gasteiger partial charge in [-0.25, -0.2) is 0 Å². The Morgan fingerprint density at radius 3 is 1.94 bits per heavy atom. The minimum atomic E-state index is -3.42. The average molecular weight is 484 g/mol. The van der Waals surface area contributed by atoms with Gasteiger partial charge in [0, 0.05) is 23.2 Å². The summed E-state index contributed by atoms with van der Waals surface area (Å²) in [4.78, 5) is 15.0. The van der Waals surface area contributed by atoms with Gasteiger partial charge in [0.2, 0.25) is 0 Å². The molecule has 0 unspecified atom stereocenters. The second kappa shape index (κ2) is 9.38. The van der Waals surface area contributed by atoms with Crippen LogP contribution < -0.4 is 10.6 Å².